The second-order valence-electron chi connectivity index (χ2n) is 5.23. The molecular formula is C18H16F2N2O4. The van der Waals surface area contributed by atoms with Crippen LogP contribution >= 0.6 is 0 Å². The topological polar surface area (TPSA) is 84.5 Å². The molecule has 0 aliphatic heterocycles. The molecule has 0 saturated carbocycles. The van der Waals surface area contributed by atoms with Crippen LogP contribution in [0.3, 0.4) is 0 Å². The number of esters is 1. The van der Waals surface area contributed by atoms with Crippen LogP contribution in [-0.4, -0.2) is 30.9 Å². The van der Waals surface area contributed by atoms with Gasteiger partial charge in [-0.05, 0) is 23.8 Å². The van der Waals surface area contributed by atoms with Crippen molar-refractivity contribution in [1.29, 1.82) is 0 Å². The first-order valence-corrected chi connectivity index (χ1v) is 7.65. The van der Waals surface area contributed by atoms with Crippen LogP contribution in [0, 0.1) is 11.6 Å². The summed E-state index contributed by atoms with van der Waals surface area (Å²) in [7, 11) is 0. The molecule has 2 aromatic carbocycles. The van der Waals surface area contributed by atoms with Crippen molar-refractivity contribution in [3.05, 3.63) is 71.3 Å². The third-order valence-corrected chi connectivity index (χ3v) is 3.26. The number of hydrogen-bond acceptors (Lipinski definition) is 4. The molecule has 0 spiro atoms. The van der Waals surface area contributed by atoms with Crippen molar-refractivity contribution in [1.82, 2.24) is 10.6 Å². The third kappa shape index (κ3) is 5.97. The molecule has 2 rings (SSSR count). The Morgan fingerprint density at radius 1 is 0.885 bits per heavy atom. The number of amides is 2. The summed E-state index contributed by atoms with van der Waals surface area (Å²) in [6, 6.07) is 11.7. The van der Waals surface area contributed by atoms with Crippen molar-refractivity contribution in [2.24, 2.45) is 0 Å². The standard InChI is InChI=1S/C18H16F2N2O4/c19-14-7-6-13(8-15(14)20)18(25)22-9-16(23)21-10-17(24)26-11-12-4-2-1-3-5-12/h1-8H,9-11H2,(H,21,23)(H,22,25). The Hall–Kier alpha value is -3.29. The predicted octanol–water partition coefficient (Wildman–Crippen LogP) is 1.55. The SMILES string of the molecule is O=C(CNC(=O)c1ccc(F)c(F)c1)NCC(=O)OCc1ccccc1. The van der Waals surface area contributed by atoms with Gasteiger partial charge in [0.2, 0.25) is 5.91 Å². The summed E-state index contributed by atoms with van der Waals surface area (Å²) < 4.78 is 30.8. The molecule has 0 aliphatic carbocycles. The van der Waals surface area contributed by atoms with Gasteiger partial charge >= 0.3 is 5.97 Å². The Kier molecular flexibility index (Phi) is 6.78. The summed E-state index contributed by atoms with van der Waals surface area (Å²) in [5.74, 6) is -4.24. The Bertz CT molecular complexity index is 797. The van der Waals surface area contributed by atoms with Gasteiger partial charge < -0.3 is 15.4 Å². The second-order valence-corrected chi connectivity index (χ2v) is 5.23. The number of rotatable bonds is 7. The Morgan fingerprint density at radius 3 is 2.31 bits per heavy atom. The van der Waals surface area contributed by atoms with E-state index in [1.165, 1.54) is 0 Å². The Labute approximate surface area is 148 Å². The van der Waals surface area contributed by atoms with E-state index in [0.717, 1.165) is 23.8 Å². The molecular weight excluding hydrogens is 346 g/mol. The molecule has 2 aromatic rings. The molecule has 0 bridgehead atoms. The van der Waals surface area contributed by atoms with Crippen molar-refractivity contribution in [2.45, 2.75) is 6.61 Å². The molecule has 136 valence electrons. The fourth-order valence-electron chi connectivity index (χ4n) is 1.92. The van der Waals surface area contributed by atoms with E-state index in [4.69, 9.17) is 4.74 Å². The van der Waals surface area contributed by atoms with Gasteiger partial charge in [-0.1, -0.05) is 30.3 Å². The predicted molar refractivity (Wildman–Crippen MR) is 87.9 cm³/mol. The summed E-state index contributed by atoms with van der Waals surface area (Å²) in [6.07, 6.45) is 0. The number of carbonyl (C=O) groups excluding carboxylic acids is 3. The lowest BCUT2D eigenvalue weighted by atomic mass is 10.2. The molecule has 0 atom stereocenters. The van der Waals surface area contributed by atoms with E-state index < -0.39 is 36.0 Å². The van der Waals surface area contributed by atoms with Crippen LogP contribution in [0.1, 0.15) is 15.9 Å². The Morgan fingerprint density at radius 2 is 1.62 bits per heavy atom. The number of hydrogen-bond donors (Lipinski definition) is 2. The van der Waals surface area contributed by atoms with Gasteiger partial charge in [-0.3, -0.25) is 14.4 Å². The van der Waals surface area contributed by atoms with Crippen LogP contribution in [0.15, 0.2) is 48.5 Å². The first kappa shape index (κ1) is 19.0. The molecule has 0 saturated heterocycles. The van der Waals surface area contributed by atoms with Crippen LogP contribution in [0.2, 0.25) is 0 Å². The molecule has 2 N–H and O–H groups in total. The van der Waals surface area contributed by atoms with Crippen LogP contribution in [-0.2, 0) is 20.9 Å². The van der Waals surface area contributed by atoms with Crippen LogP contribution < -0.4 is 10.6 Å². The minimum Gasteiger partial charge on any atom is -0.460 e. The molecule has 0 fully saturated rings. The maximum absolute atomic E-state index is 13.1. The molecule has 0 heterocycles. The van der Waals surface area contributed by atoms with E-state index in [2.05, 4.69) is 10.6 Å². The van der Waals surface area contributed by atoms with Crippen molar-refractivity contribution in [3.63, 3.8) is 0 Å². The number of benzene rings is 2. The molecule has 2 amide bonds. The van der Waals surface area contributed by atoms with Crippen LogP contribution in [0.25, 0.3) is 0 Å². The van der Waals surface area contributed by atoms with Crippen molar-refractivity contribution in [3.8, 4) is 0 Å². The van der Waals surface area contributed by atoms with E-state index in [1.807, 2.05) is 6.07 Å². The van der Waals surface area contributed by atoms with Gasteiger partial charge in [-0.15, -0.1) is 0 Å². The Balaban J connectivity index is 1.68. The molecule has 0 aliphatic rings. The average molecular weight is 362 g/mol. The summed E-state index contributed by atoms with van der Waals surface area (Å²) >= 11 is 0. The summed E-state index contributed by atoms with van der Waals surface area (Å²) in [5, 5.41) is 4.52. The van der Waals surface area contributed by atoms with Gasteiger partial charge in [0, 0.05) is 5.56 Å². The fraction of sp³-hybridized carbons (Fsp3) is 0.167. The number of ether oxygens (including phenoxy) is 1. The summed E-state index contributed by atoms with van der Waals surface area (Å²) in [4.78, 5) is 34.9. The van der Waals surface area contributed by atoms with E-state index in [0.29, 0.717) is 0 Å². The van der Waals surface area contributed by atoms with Gasteiger partial charge in [-0.2, -0.15) is 0 Å². The van der Waals surface area contributed by atoms with Gasteiger partial charge in [0.15, 0.2) is 11.6 Å². The van der Waals surface area contributed by atoms with Crippen LogP contribution in [0.4, 0.5) is 8.78 Å². The van der Waals surface area contributed by atoms with Crippen molar-refractivity contribution >= 4 is 17.8 Å². The highest BCUT2D eigenvalue weighted by Gasteiger charge is 2.12. The molecule has 26 heavy (non-hydrogen) atoms. The molecule has 8 heteroatoms. The smallest absolute Gasteiger partial charge is 0.325 e. The lowest BCUT2D eigenvalue weighted by Gasteiger charge is -2.08. The molecule has 0 radical (unpaired) electrons. The first-order chi connectivity index (χ1) is 12.5. The lowest BCUT2D eigenvalue weighted by Crippen LogP contribution is -2.39. The van der Waals surface area contributed by atoms with E-state index in [9.17, 15) is 23.2 Å². The largest absolute Gasteiger partial charge is 0.460 e. The number of halogens is 2. The van der Waals surface area contributed by atoms with Gasteiger partial charge in [0.05, 0.1) is 6.54 Å². The van der Waals surface area contributed by atoms with Crippen molar-refractivity contribution < 1.29 is 27.9 Å². The van der Waals surface area contributed by atoms with E-state index in [1.54, 1.807) is 24.3 Å². The minimum absolute atomic E-state index is 0.0857. The van der Waals surface area contributed by atoms with Crippen molar-refractivity contribution in [2.75, 3.05) is 13.1 Å². The lowest BCUT2D eigenvalue weighted by molar-refractivity contribution is -0.145. The van der Waals surface area contributed by atoms with E-state index >= 15 is 0 Å². The number of nitrogens with one attached hydrogen (secondary N) is 2. The maximum atomic E-state index is 13.1. The summed E-state index contributed by atoms with van der Waals surface area (Å²) in [6.45, 7) is -0.696. The third-order valence-electron chi connectivity index (χ3n) is 3.26. The monoisotopic (exact) mass is 362 g/mol. The maximum Gasteiger partial charge on any atom is 0.325 e. The average Bonchev–Trinajstić information content (AvgIpc) is 2.65. The normalized spacial score (nSPS) is 10.1. The first-order valence-electron chi connectivity index (χ1n) is 7.65. The number of carbonyl (C=O) groups is 3. The molecule has 0 unspecified atom stereocenters. The zero-order chi connectivity index (χ0) is 18.9. The highest BCUT2D eigenvalue weighted by atomic mass is 19.2. The quantitative estimate of drug-likeness (QED) is 0.732. The molecule has 0 aromatic heterocycles. The molecule has 6 nitrogen and oxygen atoms in total. The zero-order valence-electron chi connectivity index (χ0n) is 13.6. The van der Waals surface area contributed by atoms with Crippen LogP contribution in [0.5, 0.6) is 0 Å². The highest BCUT2D eigenvalue weighted by molar-refractivity contribution is 5.96. The van der Waals surface area contributed by atoms with Gasteiger partial charge in [0.1, 0.15) is 13.2 Å². The van der Waals surface area contributed by atoms with Gasteiger partial charge in [0.25, 0.3) is 5.91 Å². The second kappa shape index (κ2) is 9.26. The van der Waals surface area contributed by atoms with Gasteiger partial charge in [-0.25, -0.2) is 8.78 Å². The zero-order valence-corrected chi connectivity index (χ0v) is 13.6. The fourth-order valence-corrected chi connectivity index (χ4v) is 1.92. The van der Waals surface area contributed by atoms with E-state index in [-0.39, 0.29) is 18.7 Å². The highest BCUT2D eigenvalue weighted by Crippen LogP contribution is 2.08. The minimum atomic E-state index is -1.16. The summed E-state index contributed by atoms with van der Waals surface area (Å²) in [5.41, 5.74) is 0.685.